The van der Waals surface area contributed by atoms with Crippen molar-refractivity contribution in [3.63, 3.8) is 0 Å². The number of aromatic nitrogens is 2. The zero-order chi connectivity index (χ0) is 13.2. The van der Waals surface area contributed by atoms with E-state index in [0.717, 1.165) is 9.88 Å². The Morgan fingerprint density at radius 2 is 2.05 bits per heavy atom. The van der Waals surface area contributed by atoms with Crippen LogP contribution in [0.2, 0.25) is 0 Å². The SMILES string of the molecule is Cc1ccccc1Cc1noc(-c2ccc(N)s2)n1. The van der Waals surface area contributed by atoms with Gasteiger partial charge in [0, 0.05) is 6.42 Å². The molecular weight excluding hydrogens is 258 g/mol. The number of thiophene rings is 1. The monoisotopic (exact) mass is 271 g/mol. The molecule has 1 aromatic carbocycles. The molecule has 0 radical (unpaired) electrons. The summed E-state index contributed by atoms with van der Waals surface area (Å²) in [5, 5.41) is 4.76. The van der Waals surface area contributed by atoms with Crippen LogP contribution in [0, 0.1) is 6.92 Å². The molecule has 0 bridgehead atoms. The van der Waals surface area contributed by atoms with Gasteiger partial charge >= 0.3 is 0 Å². The van der Waals surface area contributed by atoms with Crippen molar-refractivity contribution in [3.05, 3.63) is 53.3 Å². The van der Waals surface area contributed by atoms with Gasteiger partial charge in [-0.15, -0.1) is 11.3 Å². The second-order valence-corrected chi connectivity index (χ2v) is 5.44. The lowest BCUT2D eigenvalue weighted by molar-refractivity contribution is 0.424. The molecule has 0 saturated heterocycles. The van der Waals surface area contributed by atoms with E-state index in [1.165, 1.54) is 22.5 Å². The molecule has 0 aliphatic heterocycles. The first-order chi connectivity index (χ1) is 9.22. The van der Waals surface area contributed by atoms with Crippen molar-refractivity contribution in [1.82, 2.24) is 10.1 Å². The summed E-state index contributed by atoms with van der Waals surface area (Å²) in [7, 11) is 0. The number of nitrogens with two attached hydrogens (primary N) is 1. The van der Waals surface area contributed by atoms with Crippen molar-refractivity contribution in [1.29, 1.82) is 0 Å². The summed E-state index contributed by atoms with van der Waals surface area (Å²) in [5.41, 5.74) is 8.13. The molecule has 2 aromatic heterocycles. The van der Waals surface area contributed by atoms with Gasteiger partial charge in [0.1, 0.15) is 0 Å². The number of anilines is 1. The molecule has 19 heavy (non-hydrogen) atoms. The number of hydrogen-bond acceptors (Lipinski definition) is 5. The van der Waals surface area contributed by atoms with E-state index in [-0.39, 0.29) is 0 Å². The van der Waals surface area contributed by atoms with Crippen molar-refractivity contribution in [3.8, 4) is 10.8 Å². The molecule has 2 heterocycles. The van der Waals surface area contributed by atoms with Crippen LogP contribution in [0.4, 0.5) is 5.00 Å². The van der Waals surface area contributed by atoms with Gasteiger partial charge in [-0.2, -0.15) is 4.98 Å². The molecule has 0 aliphatic rings. The number of benzene rings is 1. The maximum Gasteiger partial charge on any atom is 0.268 e. The zero-order valence-electron chi connectivity index (χ0n) is 10.5. The molecule has 0 amide bonds. The molecule has 96 valence electrons. The van der Waals surface area contributed by atoms with E-state index in [4.69, 9.17) is 10.3 Å². The Morgan fingerprint density at radius 1 is 1.21 bits per heavy atom. The Bertz CT molecular complexity index is 702. The lowest BCUT2D eigenvalue weighted by atomic mass is 10.1. The molecule has 0 aliphatic carbocycles. The summed E-state index contributed by atoms with van der Waals surface area (Å²) < 4.78 is 5.27. The maximum absolute atomic E-state index is 5.69. The predicted molar refractivity (Wildman–Crippen MR) is 76.0 cm³/mol. The van der Waals surface area contributed by atoms with Crippen LogP contribution in [0.5, 0.6) is 0 Å². The molecule has 0 spiro atoms. The average molecular weight is 271 g/mol. The second kappa shape index (κ2) is 4.85. The molecule has 0 atom stereocenters. The van der Waals surface area contributed by atoms with E-state index in [9.17, 15) is 0 Å². The number of hydrogen-bond donors (Lipinski definition) is 1. The smallest absolute Gasteiger partial charge is 0.268 e. The van der Waals surface area contributed by atoms with E-state index in [2.05, 4.69) is 29.2 Å². The largest absolute Gasteiger partial charge is 0.391 e. The highest BCUT2D eigenvalue weighted by molar-refractivity contribution is 7.19. The normalized spacial score (nSPS) is 10.8. The van der Waals surface area contributed by atoms with E-state index >= 15 is 0 Å². The maximum atomic E-state index is 5.69. The van der Waals surface area contributed by atoms with E-state index in [1.807, 2.05) is 24.3 Å². The van der Waals surface area contributed by atoms with Crippen molar-refractivity contribution >= 4 is 16.3 Å². The van der Waals surface area contributed by atoms with Crippen LogP contribution in [0.25, 0.3) is 10.8 Å². The van der Waals surface area contributed by atoms with Gasteiger partial charge in [-0.3, -0.25) is 0 Å². The number of nitrogen functional groups attached to an aromatic ring is 1. The molecule has 4 nitrogen and oxygen atoms in total. The van der Waals surface area contributed by atoms with Crippen molar-refractivity contribution in [2.24, 2.45) is 0 Å². The van der Waals surface area contributed by atoms with Crippen LogP contribution >= 0.6 is 11.3 Å². The minimum absolute atomic E-state index is 0.533. The summed E-state index contributed by atoms with van der Waals surface area (Å²) in [5.74, 6) is 1.22. The standard InChI is InChI=1S/C14H13N3OS/c1-9-4-2-3-5-10(9)8-13-16-14(18-17-13)11-6-7-12(15)19-11/h2-7H,8,15H2,1H3. The fourth-order valence-electron chi connectivity index (χ4n) is 1.87. The number of nitrogens with zero attached hydrogens (tertiary/aromatic N) is 2. The van der Waals surface area contributed by atoms with E-state index in [1.54, 1.807) is 0 Å². The van der Waals surface area contributed by atoms with Gasteiger partial charge in [0.2, 0.25) is 0 Å². The minimum atomic E-state index is 0.533. The van der Waals surface area contributed by atoms with Crippen LogP contribution in [-0.4, -0.2) is 10.1 Å². The summed E-state index contributed by atoms with van der Waals surface area (Å²) in [6.45, 7) is 2.08. The molecule has 3 rings (SSSR count). The molecule has 0 unspecified atom stereocenters. The Hall–Kier alpha value is -2.14. The number of rotatable bonds is 3. The fraction of sp³-hybridized carbons (Fsp3) is 0.143. The first kappa shape index (κ1) is 11.9. The van der Waals surface area contributed by atoms with E-state index < -0.39 is 0 Å². The van der Waals surface area contributed by atoms with Crippen LogP contribution in [0.15, 0.2) is 40.9 Å². The highest BCUT2D eigenvalue weighted by atomic mass is 32.1. The lowest BCUT2D eigenvalue weighted by Gasteiger charge is -2.00. The molecule has 0 saturated carbocycles. The van der Waals surface area contributed by atoms with Crippen LogP contribution in [0.3, 0.4) is 0 Å². The Balaban J connectivity index is 1.84. The molecule has 0 fully saturated rings. The van der Waals surface area contributed by atoms with Crippen LogP contribution in [0.1, 0.15) is 17.0 Å². The minimum Gasteiger partial charge on any atom is -0.391 e. The van der Waals surface area contributed by atoms with E-state index in [0.29, 0.717) is 18.1 Å². The van der Waals surface area contributed by atoms with Crippen molar-refractivity contribution < 1.29 is 4.52 Å². The van der Waals surface area contributed by atoms with Gasteiger partial charge in [-0.25, -0.2) is 0 Å². The molecule has 3 aromatic rings. The average Bonchev–Trinajstić information content (AvgIpc) is 3.01. The Labute approximate surface area is 114 Å². The molecule has 2 N–H and O–H groups in total. The van der Waals surface area contributed by atoms with Gasteiger partial charge in [0.15, 0.2) is 5.82 Å². The zero-order valence-corrected chi connectivity index (χ0v) is 11.3. The topological polar surface area (TPSA) is 64.9 Å². The number of aryl methyl sites for hydroxylation is 1. The fourth-order valence-corrected chi connectivity index (χ4v) is 2.57. The Kier molecular flexibility index (Phi) is 3.05. The highest BCUT2D eigenvalue weighted by Crippen LogP contribution is 2.28. The first-order valence-corrected chi connectivity index (χ1v) is 6.77. The van der Waals surface area contributed by atoms with Crippen molar-refractivity contribution in [2.45, 2.75) is 13.3 Å². The summed E-state index contributed by atoms with van der Waals surface area (Å²) >= 11 is 1.45. The highest BCUT2D eigenvalue weighted by Gasteiger charge is 2.11. The quantitative estimate of drug-likeness (QED) is 0.794. The third-order valence-electron chi connectivity index (χ3n) is 2.92. The third kappa shape index (κ3) is 2.51. The molecule has 5 heteroatoms. The van der Waals surface area contributed by atoms with Gasteiger partial charge < -0.3 is 10.3 Å². The van der Waals surface area contributed by atoms with Gasteiger partial charge in [-0.05, 0) is 30.2 Å². The van der Waals surface area contributed by atoms with Gasteiger partial charge in [-0.1, -0.05) is 29.4 Å². The summed E-state index contributed by atoms with van der Waals surface area (Å²) in [6, 6.07) is 11.9. The molecular formula is C14H13N3OS. The van der Waals surface area contributed by atoms with Crippen molar-refractivity contribution in [2.75, 3.05) is 5.73 Å². The van der Waals surface area contributed by atoms with Gasteiger partial charge in [0.25, 0.3) is 5.89 Å². The third-order valence-corrected chi connectivity index (χ3v) is 3.82. The summed E-state index contributed by atoms with van der Waals surface area (Å²) in [6.07, 6.45) is 0.678. The van der Waals surface area contributed by atoms with Crippen LogP contribution < -0.4 is 5.73 Å². The summed E-state index contributed by atoms with van der Waals surface area (Å²) in [4.78, 5) is 5.31. The van der Waals surface area contributed by atoms with Crippen LogP contribution in [-0.2, 0) is 6.42 Å². The van der Waals surface area contributed by atoms with Gasteiger partial charge in [0.05, 0.1) is 9.88 Å². The first-order valence-electron chi connectivity index (χ1n) is 5.95. The Morgan fingerprint density at radius 3 is 2.79 bits per heavy atom. The second-order valence-electron chi connectivity index (χ2n) is 4.32. The predicted octanol–water partition coefficient (Wildman–Crippen LogP) is 3.28. The lowest BCUT2D eigenvalue weighted by Crippen LogP contribution is -1.93.